The number of fused-ring (bicyclic) bond motifs is 1. The highest BCUT2D eigenvalue weighted by Crippen LogP contribution is 2.33. The minimum absolute atomic E-state index is 0.00917. The minimum Gasteiger partial charge on any atom is -0.491 e. The van der Waals surface area contributed by atoms with Gasteiger partial charge in [0, 0.05) is 5.41 Å². The summed E-state index contributed by atoms with van der Waals surface area (Å²) in [5, 5.41) is 76.4. The lowest BCUT2D eigenvalue weighted by atomic mass is 9.78. The summed E-state index contributed by atoms with van der Waals surface area (Å²) in [5.74, 6) is -5.56. The zero-order valence-electron chi connectivity index (χ0n) is 36.6. The highest BCUT2D eigenvalue weighted by atomic mass is 16.6. The number of carbonyl (C=O) groups is 7. The number of ether oxygens (including phenoxy) is 3. The first-order valence-electron chi connectivity index (χ1n) is 19.8. The summed E-state index contributed by atoms with van der Waals surface area (Å²) in [6.45, 7) is 8.07. The summed E-state index contributed by atoms with van der Waals surface area (Å²) in [6.07, 6.45) is -0.962. The van der Waals surface area contributed by atoms with Crippen LogP contribution in [0.25, 0.3) is 0 Å². The van der Waals surface area contributed by atoms with Crippen molar-refractivity contribution in [2.75, 3.05) is 26.4 Å². The molecule has 5 aromatic carbocycles. The van der Waals surface area contributed by atoms with Gasteiger partial charge in [0.15, 0.2) is 0 Å². The van der Waals surface area contributed by atoms with E-state index in [1.54, 1.807) is 13.8 Å². The SMILES string of the molecule is CC(O)COc1ccc(C(C)(C)c2ccc(OCC(C)O)cc2)cc1.O=C(O)c1ccc(C(=O)O)cc1.O=C(O)c1ccc2c(c1)C(=O)OC2=O.O=C(O)c1cccc(C(=O)O)c1.OCCO. The van der Waals surface area contributed by atoms with E-state index >= 15 is 0 Å². The molecular weight excluding hydrogens is 881 g/mol. The third-order valence-corrected chi connectivity index (χ3v) is 8.86. The molecule has 0 radical (unpaired) electrons. The number of esters is 2. The predicted octanol–water partition coefficient (Wildman–Crippen LogP) is 5.36. The molecule has 0 saturated heterocycles. The monoisotopic (exact) mass is 930 g/mol. The van der Waals surface area contributed by atoms with E-state index in [0.717, 1.165) is 23.6 Å². The van der Waals surface area contributed by atoms with Crippen molar-refractivity contribution in [2.24, 2.45) is 0 Å². The maximum atomic E-state index is 11.0. The van der Waals surface area contributed by atoms with Gasteiger partial charge in [-0.1, -0.05) is 44.2 Å². The smallest absolute Gasteiger partial charge is 0.346 e. The van der Waals surface area contributed by atoms with Crippen molar-refractivity contribution in [3.8, 4) is 11.5 Å². The molecule has 1 aliphatic heterocycles. The van der Waals surface area contributed by atoms with Gasteiger partial charge < -0.3 is 60.2 Å². The summed E-state index contributed by atoms with van der Waals surface area (Å²) in [7, 11) is 0. The zero-order chi connectivity index (χ0) is 50.4. The number of aliphatic hydroxyl groups is 4. The first kappa shape index (κ1) is 55.2. The van der Waals surface area contributed by atoms with Gasteiger partial charge in [0.05, 0.1) is 64.4 Å². The Morgan fingerprint density at radius 2 is 0.821 bits per heavy atom. The van der Waals surface area contributed by atoms with Crippen LogP contribution in [0.2, 0.25) is 0 Å². The van der Waals surface area contributed by atoms with Crippen molar-refractivity contribution in [2.45, 2.75) is 45.3 Å². The lowest BCUT2D eigenvalue weighted by molar-refractivity contribution is 0.0440. The van der Waals surface area contributed by atoms with Gasteiger partial charge in [-0.2, -0.15) is 0 Å². The van der Waals surface area contributed by atoms with E-state index in [4.69, 9.17) is 45.2 Å². The molecule has 1 aliphatic rings. The van der Waals surface area contributed by atoms with Gasteiger partial charge in [-0.15, -0.1) is 0 Å². The van der Waals surface area contributed by atoms with Gasteiger partial charge in [-0.3, -0.25) is 0 Å². The molecule has 356 valence electrons. The normalized spacial score (nSPS) is 11.9. The maximum Gasteiger partial charge on any atom is 0.346 e. The van der Waals surface area contributed by atoms with Gasteiger partial charge in [0.2, 0.25) is 0 Å². The van der Waals surface area contributed by atoms with Crippen molar-refractivity contribution in [1.82, 2.24) is 0 Å². The second-order valence-electron chi connectivity index (χ2n) is 14.6. The summed E-state index contributed by atoms with van der Waals surface area (Å²) >= 11 is 0. The van der Waals surface area contributed by atoms with Crippen LogP contribution in [-0.4, -0.2) is 126 Å². The average molecular weight is 931 g/mol. The van der Waals surface area contributed by atoms with Crippen LogP contribution < -0.4 is 9.47 Å². The fourth-order valence-electron chi connectivity index (χ4n) is 5.29. The highest BCUT2D eigenvalue weighted by molar-refractivity contribution is 6.15. The number of carbonyl (C=O) groups excluding carboxylic acids is 2. The first-order valence-corrected chi connectivity index (χ1v) is 19.8. The maximum absolute atomic E-state index is 11.0. The lowest BCUT2D eigenvalue weighted by Gasteiger charge is -2.26. The second kappa shape index (κ2) is 26.7. The summed E-state index contributed by atoms with van der Waals surface area (Å²) in [6, 6.07) is 29.8. The van der Waals surface area contributed by atoms with Crippen LogP contribution in [0, 0.1) is 0 Å². The number of rotatable bonds is 14. The number of benzene rings is 5. The predicted molar refractivity (Wildman–Crippen MR) is 237 cm³/mol. The van der Waals surface area contributed by atoms with E-state index in [0.29, 0.717) is 0 Å². The molecule has 0 bridgehead atoms. The summed E-state index contributed by atoms with van der Waals surface area (Å²) < 4.78 is 15.3. The molecule has 5 aromatic rings. The number of aromatic carboxylic acids is 5. The van der Waals surface area contributed by atoms with Gasteiger partial charge in [-0.25, -0.2) is 33.6 Å². The summed E-state index contributed by atoms with van der Waals surface area (Å²) in [5.41, 5.74) is 2.39. The molecule has 67 heavy (non-hydrogen) atoms. The average Bonchev–Trinajstić information content (AvgIpc) is 3.59. The van der Waals surface area contributed by atoms with Crippen LogP contribution in [0.15, 0.2) is 115 Å². The number of hydrogen-bond acceptors (Lipinski definition) is 14. The zero-order valence-corrected chi connectivity index (χ0v) is 36.6. The van der Waals surface area contributed by atoms with Crippen LogP contribution in [-0.2, 0) is 10.2 Å². The van der Waals surface area contributed by atoms with Gasteiger partial charge in [0.25, 0.3) is 0 Å². The minimum atomic E-state index is -1.15. The van der Waals surface area contributed by atoms with Crippen LogP contribution >= 0.6 is 0 Å². The van der Waals surface area contributed by atoms with Crippen molar-refractivity contribution < 1.29 is 93.7 Å². The number of cyclic esters (lactones) is 2. The second-order valence-corrected chi connectivity index (χ2v) is 14.6. The molecule has 0 saturated carbocycles. The molecule has 6 rings (SSSR count). The number of aliphatic hydroxyl groups excluding tert-OH is 4. The lowest BCUT2D eigenvalue weighted by Crippen LogP contribution is -2.19. The van der Waals surface area contributed by atoms with Crippen LogP contribution in [0.1, 0.15) is 111 Å². The van der Waals surface area contributed by atoms with Crippen molar-refractivity contribution >= 4 is 41.8 Å². The van der Waals surface area contributed by atoms with Crippen molar-refractivity contribution in [1.29, 1.82) is 0 Å². The Morgan fingerprint density at radius 3 is 1.15 bits per heavy atom. The fourth-order valence-corrected chi connectivity index (χ4v) is 5.29. The number of carboxylic acid groups (broad SMARTS) is 5. The van der Waals surface area contributed by atoms with E-state index in [9.17, 15) is 43.8 Å². The fraction of sp³-hybridized carbons (Fsp3) is 0.229. The molecule has 0 aromatic heterocycles. The Bertz CT molecular complexity index is 2330. The van der Waals surface area contributed by atoms with E-state index in [-0.39, 0.29) is 70.8 Å². The van der Waals surface area contributed by atoms with Crippen LogP contribution in [0.4, 0.5) is 0 Å². The summed E-state index contributed by atoms with van der Waals surface area (Å²) in [4.78, 5) is 74.0. The van der Waals surface area contributed by atoms with Crippen LogP contribution in [0.5, 0.6) is 11.5 Å². The molecular formula is C48H50O19. The topological polar surface area (TPSA) is 329 Å². The van der Waals surface area contributed by atoms with E-state index in [1.165, 1.54) is 65.7 Å². The number of carboxylic acids is 5. The molecule has 9 N–H and O–H groups in total. The Morgan fingerprint density at radius 1 is 0.493 bits per heavy atom. The molecule has 0 aliphatic carbocycles. The molecule has 0 fully saturated rings. The third-order valence-electron chi connectivity index (χ3n) is 8.86. The molecule has 1 heterocycles. The van der Waals surface area contributed by atoms with Gasteiger partial charge in [0.1, 0.15) is 24.7 Å². The largest absolute Gasteiger partial charge is 0.491 e. The standard InChI is InChI=1S/C21H28O4.C9H4O5.2C8H6O4.C2H6O2/c1-15(22)13-24-19-9-5-17(6-10-19)21(3,4)18-7-11-20(12-8-18)25-14-16(2)23;10-7(11)4-1-2-5-6(3-4)9(13)14-8(5)12;9-7(10)5-1-2-6(4-3-5)8(11)12;9-7(10)5-2-1-3-6(4-5)8(11)12;3-1-2-4/h5-12,15-16,22-23H,13-14H2,1-4H3;1-3H,(H,10,11);2*1-4H,(H,9,10)(H,11,12);3-4H,1-2H2. The highest BCUT2D eigenvalue weighted by Gasteiger charge is 2.30. The van der Waals surface area contributed by atoms with E-state index in [2.05, 4.69) is 42.8 Å². The molecule has 0 spiro atoms. The van der Waals surface area contributed by atoms with Gasteiger partial charge in [-0.05, 0) is 110 Å². The Balaban J connectivity index is 0.000000314. The Hall–Kier alpha value is -7.97. The molecule has 0 amide bonds. The third kappa shape index (κ3) is 18.2. The molecule has 2 unspecified atom stereocenters. The first-order chi connectivity index (χ1) is 31.5. The Labute approximate surface area is 383 Å². The van der Waals surface area contributed by atoms with Gasteiger partial charge >= 0.3 is 41.8 Å². The van der Waals surface area contributed by atoms with Crippen molar-refractivity contribution in [3.63, 3.8) is 0 Å². The van der Waals surface area contributed by atoms with E-state index < -0.39 is 54.0 Å². The molecule has 19 heteroatoms. The van der Waals surface area contributed by atoms with E-state index in [1.807, 2.05) is 24.3 Å². The Kier molecular flexibility index (Phi) is 22.0. The number of hydrogen-bond donors (Lipinski definition) is 9. The van der Waals surface area contributed by atoms with Crippen molar-refractivity contribution in [3.05, 3.63) is 165 Å². The quantitative estimate of drug-likeness (QED) is 0.0499. The van der Waals surface area contributed by atoms with Crippen LogP contribution in [0.3, 0.4) is 0 Å². The molecule has 19 nitrogen and oxygen atoms in total. The molecule has 2 atom stereocenters.